The Kier molecular flexibility index (Phi) is 3.24. The van der Waals surface area contributed by atoms with Crippen LogP contribution in [-0.2, 0) is 0 Å². The molecule has 5 heteroatoms. The van der Waals surface area contributed by atoms with Crippen molar-refractivity contribution in [2.24, 2.45) is 0 Å². The molecule has 2 aromatic carbocycles. The van der Waals surface area contributed by atoms with Crippen LogP contribution in [0.5, 0.6) is 5.75 Å². The van der Waals surface area contributed by atoms with Crippen LogP contribution in [-0.4, -0.2) is 11.0 Å². The second kappa shape index (κ2) is 5.64. The SMILES string of the molecule is Cc1nc2c(c3c1c(=O)oc1ccccc13)C(=O)Oc1ccccc1/C=C\2. The first-order valence-corrected chi connectivity index (χ1v) is 8.49. The summed E-state index contributed by atoms with van der Waals surface area (Å²) >= 11 is 0. The van der Waals surface area contributed by atoms with Gasteiger partial charge in [-0.05, 0) is 31.2 Å². The Labute approximate surface area is 153 Å². The van der Waals surface area contributed by atoms with E-state index in [1.165, 1.54) is 0 Å². The number of hydrogen-bond acceptors (Lipinski definition) is 5. The van der Waals surface area contributed by atoms with Gasteiger partial charge in [-0.25, -0.2) is 9.59 Å². The van der Waals surface area contributed by atoms with E-state index in [0.29, 0.717) is 38.9 Å². The van der Waals surface area contributed by atoms with Crippen molar-refractivity contribution in [2.75, 3.05) is 0 Å². The van der Waals surface area contributed by atoms with Crippen molar-refractivity contribution in [3.8, 4) is 5.75 Å². The number of aromatic nitrogens is 1. The van der Waals surface area contributed by atoms with Gasteiger partial charge in [0.25, 0.3) is 0 Å². The summed E-state index contributed by atoms with van der Waals surface area (Å²) in [6.07, 6.45) is 3.64. The van der Waals surface area contributed by atoms with Crippen LogP contribution in [0.3, 0.4) is 0 Å². The fourth-order valence-electron chi connectivity index (χ4n) is 3.52. The van der Waals surface area contributed by atoms with Gasteiger partial charge in [-0.1, -0.05) is 36.4 Å². The summed E-state index contributed by atoms with van der Waals surface area (Å²) < 4.78 is 11.1. The van der Waals surface area contributed by atoms with Gasteiger partial charge in [0.2, 0.25) is 0 Å². The zero-order chi connectivity index (χ0) is 18.5. The third-order valence-corrected chi connectivity index (χ3v) is 4.72. The van der Waals surface area contributed by atoms with E-state index in [9.17, 15) is 9.59 Å². The number of fused-ring (bicyclic) bond motifs is 6. The van der Waals surface area contributed by atoms with Crippen LogP contribution in [0.4, 0.5) is 0 Å². The van der Waals surface area contributed by atoms with Crippen molar-refractivity contribution in [3.05, 3.63) is 81.5 Å². The van der Waals surface area contributed by atoms with Crippen molar-refractivity contribution >= 4 is 39.9 Å². The molecule has 0 spiro atoms. The van der Waals surface area contributed by atoms with Crippen molar-refractivity contribution in [1.29, 1.82) is 0 Å². The number of hydrogen-bond donors (Lipinski definition) is 0. The van der Waals surface area contributed by atoms with Gasteiger partial charge in [-0.15, -0.1) is 0 Å². The van der Waals surface area contributed by atoms with E-state index in [1.807, 2.05) is 30.3 Å². The second-order valence-electron chi connectivity index (χ2n) is 6.35. The molecule has 1 aliphatic heterocycles. The summed E-state index contributed by atoms with van der Waals surface area (Å²) in [6.45, 7) is 1.74. The summed E-state index contributed by atoms with van der Waals surface area (Å²) in [5.41, 5.74) is 1.93. The number of aryl methyl sites for hydroxylation is 1. The standard InChI is InChI=1S/C22H13NO4/c1-12-18-19(14-7-3-5-9-17(14)27-21(18)24)20-15(23-12)11-10-13-6-2-4-8-16(13)26-22(20)25/h2-11H,1H3/b11-10-. The predicted octanol–water partition coefficient (Wildman–Crippen LogP) is 4.35. The fourth-order valence-corrected chi connectivity index (χ4v) is 3.52. The van der Waals surface area contributed by atoms with E-state index in [4.69, 9.17) is 9.15 Å². The van der Waals surface area contributed by atoms with E-state index in [2.05, 4.69) is 4.98 Å². The Morgan fingerprint density at radius 1 is 0.889 bits per heavy atom. The molecule has 0 fully saturated rings. The van der Waals surface area contributed by atoms with Crippen molar-refractivity contribution in [3.63, 3.8) is 0 Å². The molecule has 0 aliphatic carbocycles. The highest BCUT2D eigenvalue weighted by Gasteiger charge is 2.25. The quantitative estimate of drug-likeness (QED) is 0.203. The molecule has 0 atom stereocenters. The number of nitrogens with zero attached hydrogens (tertiary/aromatic N) is 1. The Morgan fingerprint density at radius 2 is 1.67 bits per heavy atom. The molecule has 5 nitrogen and oxygen atoms in total. The van der Waals surface area contributed by atoms with Gasteiger partial charge in [0, 0.05) is 16.3 Å². The van der Waals surface area contributed by atoms with Gasteiger partial charge in [0.15, 0.2) is 0 Å². The van der Waals surface area contributed by atoms with Crippen molar-refractivity contribution in [1.82, 2.24) is 4.98 Å². The number of rotatable bonds is 0. The molecule has 0 saturated carbocycles. The molecule has 4 aromatic rings. The van der Waals surface area contributed by atoms with Gasteiger partial charge >= 0.3 is 11.6 Å². The molecule has 0 radical (unpaired) electrons. The molecule has 27 heavy (non-hydrogen) atoms. The number of ether oxygens (including phenoxy) is 1. The first-order chi connectivity index (χ1) is 13.1. The number of para-hydroxylation sites is 2. The van der Waals surface area contributed by atoms with E-state index in [0.717, 1.165) is 5.56 Å². The third-order valence-electron chi connectivity index (χ3n) is 4.72. The minimum absolute atomic E-state index is 0.269. The maximum atomic E-state index is 13.1. The molecule has 5 rings (SSSR count). The van der Waals surface area contributed by atoms with E-state index in [-0.39, 0.29) is 5.56 Å². The summed E-state index contributed by atoms with van der Waals surface area (Å²) in [5.74, 6) is -0.0829. The topological polar surface area (TPSA) is 69.4 Å². The van der Waals surface area contributed by atoms with Crippen LogP contribution in [0, 0.1) is 6.92 Å². The zero-order valence-electron chi connectivity index (χ0n) is 14.4. The second-order valence-corrected chi connectivity index (χ2v) is 6.35. The lowest BCUT2D eigenvalue weighted by molar-refractivity contribution is 0.0735. The van der Waals surface area contributed by atoms with E-state index < -0.39 is 11.6 Å². The number of carbonyl (C=O) groups is 1. The molecular formula is C22H13NO4. The average Bonchev–Trinajstić information content (AvgIpc) is 2.65. The molecular weight excluding hydrogens is 342 g/mol. The zero-order valence-corrected chi connectivity index (χ0v) is 14.4. The summed E-state index contributed by atoms with van der Waals surface area (Å²) in [7, 11) is 0. The molecule has 0 bridgehead atoms. The van der Waals surface area contributed by atoms with E-state index in [1.54, 1.807) is 37.3 Å². The van der Waals surface area contributed by atoms with Crippen LogP contribution in [0.25, 0.3) is 33.9 Å². The van der Waals surface area contributed by atoms with Crippen molar-refractivity contribution < 1.29 is 13.9 Å². The van der Waals surface area contributed by atoms with Gasteiger partial charge in [-0.2, -0.15) is 0 Å². The fraction of sp³-hybridized carbons (Fsp3) is 0.0455. The lowest BCUT2D eigenvalue weighted by atomic mass is 9.98. The summed E-state index contributed by atoms with van der Waals surface area (Å²) in [4.78, 5) is 30.1. The van der Waals surface area contributed by atoms with Gasteiger partial charge in [0.05, 0.1) is 22.3 Å². The number of benzene rings is 2. The van der Waals surface area contributed by atoms with Crippen LogP contribution in [0.1, 0.15) is 27.3 Å². The van der Waals surface area contributed by atoms with Crippen LogP contribution in [0.2, 0.25) is 0 Å². The largest absolute Gasteiger partial charge is 0.422 e. The Morgan fingerprint density at radius 3 is 2.56 bits per heavy atom. The molecule has 2 aromatic heterocycles. The number of esters is 1. The first kappa shape index (κ1) is 15.5. The normalized spacial score (nSPS) is 14.2. The van der Waals surface area contributed by atoms with Gasteiger partial charge < -0.3 is 9.15 Å². The minimum atomic E-state index is -0.546. The Hall–Kier alpha value is -3.73. The Balaban J connectivity index is 1.97. The van der Waals surface area contributed by atoms with Crippen LogP contribution >= 0.6 is 0 Å². The highest BCUT2D eigenvalue weighted by Crippen LogP contribution is 2.33. The molecule has 0 amide bonds. The van der Waals surface area contributed by atoms with Crippen LogP contribution in [0.15, 0.2) is 57.7 Å². The highest BCUT2D eigenvalue weighted by molar-refractivity contribution is 6.17. The minimum Gasteiger partial charge on any atom is -0.422 e. The van der Waals surface area contributed by atoms with Crippen LogP contribution < -0.4 is 10.4 Å². The maximum absolute atomic E-state index is 13.1. The van der Waals surface area contributed by atoms with Gasteiger partial charge in [-0.3, -0.25) is 4.98 Å². The lowest BCUT2D eigenvalue weighted by Gasteiger charge is -2.16. The molecule has 0 N–H and O–H groups in total. The third kappa shape index (κ3) is 2.29. The molecule has 0 saturated heterocycles. The average molecular weight is 355 g/mol. The van der Waals surface area contributed by atoms with Gasteiger partial charge in [0.1, 0.15) is 11.3 Å². The highest BCUT2D eigenvalue weighted by atomic mass is 16.5. The predicted molar refractivity (Wildman–Crippen MR) is 103 cm³/mol. The summed E-state index contributed by atoms with van der Waals surface area (Å²) in [5, 5.41) is 1.48. The maximum Gasteiger partial charge on any atom is 0.346 e. The van der Waals surface area contributed by atoms with Crippen molar-refractivity contribution in [2.45, 2.75) is 6.92 Å². The number of carbonyl (C=O) groups excluding carboxylic acids is 1. The lowest BCUT2D eigenvalue weighted by Crippen LogP contribution is -2.16. The Bertz CT molecular complexity index is 1350. The van der Waals surface area contributed by atoms with E-state index >= 15 is 0 Å². The smallest absolute Gasteiger partial charge is 0.346 e. The molecule has 0 unspecified atom stereocenters. The summed E-state index contributed by atoms with van der Waals surface area (Å²) in [6, 6.07) is 14.4. The monoisotopic (exact) mass is 355 g/mol. The first-order valence-electron chi connectivity index (χ1n) is 8.49. The molecule has 3 heterocycles. The molecule has 130 valence electrons. The molecule has 1 aliphatic rings. The number of pyridine rings is 1.